The van der Waals surface area contributed by atoms with E-state index in [1.807, 2.05) is 54.1 Å². The molecule has 2 amide bonds. The topological polar surface area (TPSA) is 62.3 Å². The number of rotatable bonds is 4. The Bertz CT molecular complexity index is 964. The first kappa shape index (κ1) is 18.8. The fourth-order valence-electron chi connectivity index (χ4n) is 3.40. The van der Waals surface area contributed by atoms with Gasteiger partial charge in [-0.3, -0.25) is 9.59 Å². The minimum atomic E-state index is -0.182. The Morgan fingerprint density at radius 1 is 1.18 bits per heavy atom. The second-order valence-electron chi connectivity index (χ2n) is 6.89. The summed E-state index contributed by atoms with van der Waals surface area (Å²) >= 11 is 3.06. The van der Waals surface area contributed by atoms with E-state index in [1.54, 1.807) is 16.2 Å². The number of likely N-dealkylation sites (tertiary alicyclic amines) is 1. The molecule has 2 aromatic heterocycles. The molecule has 3 heterocycles. The van der Waals surface area contributed by atoms with E-state index in [-0.39, 0.29) is 17.7 Å². The van der Waals surface area contributed by atoms with Crippen molar-refractivity contribution in [1.29, 1.82) is 0 Å². The maximum absolute atomic E-state index is 12.7. The van der Waals surface area contributed by atoms with E-state index in [9.17, 15) is 9.59 Å². The highest BCUT2D eigenvalue weighted by Gasteiger charge is 2.29. The van der Waals surface area contributed by atoms with Crippen LogP contribution in [0.2, 0.25) is 0 Å². The molecular weight excluding hydrogens is 390 g/mol. The molecule has 3 aromatic rings. The van der Waals surface area contributed by atoms with Gasteiger partial charge in [-0.15, -0.1) is 22.7 Å². The lowest BCUT2D eigenvalue weighted by Gasteiger charge is -2.31. The molecule has 5 nitrogen and oxygen atoms in total. The smallest absolute Gasteiger partial charge is 0.263 e. The largest absolute Gasteiger partial charge is 0.337 e. The molecule has 0 aliphatic carbocycles. The van der Waals surface area contributed by atoms with Crippen LogP contribution in [0.3, 0.4) is 0 Å². The van der Waals surface area contributed by atoms with Crippen LogP contribution in [0.15, 0.2) is 47.2 Å². The molecule has 1 fully saturated rings. The van der Waals surface area contributed by atoms with Crippen LogP contribution in [0.25, 0.3) is 11.3 Å². The van der Waals surface area contributed by atoms with Crippen molar-refractivity contribution >= 4 is 40.2 Å². The number of amides is 2. The summed E-state index contributed by atoms with van der Waals surface area (Å²) in [4.78, 5) is 32.3. The zero-order valence-electron chi connectivity index (χ0n) is 15.6. The fraction of sp³-hybridized carbons (Fsp3) is 0.286. The van der Waals surface area contributed by atoms with Crippen molar-refractivity contribution in [2.24, 2.45) is 5.92 Å². The number of nitrogens with one attached hydrogen (secondary N) is 1. The Kier molecular flexibility index (Phi) is 5.54. The van der Waals surface area contributed by atoms with Crippen molar-refractivity contribution < 1.29 is 9.59 Å². The number of carbonyl (C=O) groups excluding carboxylic acids is 2. The van der Waals surface area contributed by atoms with Gasteiger partial charge in [-0.25, -0.2) is 4.98 Å². The van der Waals surface area contributed by atoms with E-state index in [0.29, 0.717) is 13.1 Å². The molecule has 0 spiro atoms. The van der Waals surface area contributed by atoms with Crippen molar-refractivity contribution in [3.63, 3.8) is 0 Å². The number of benzene rings is 1. The highest BCUT2D eigenvalue weighted by atomic mass is 32.1. The molecule has 1 aliphatic heterocycles. The number of aromatic nitrogens is 1. The molecule has 7 heteroatoms. The number of hydrogen-bond donors (Lipinski definition) is 1. The van der Waals surface area contributed by atoms with Gasteiger partial charge >= 0.3 is 0 Å². The van der Waals surface area contributed by atoms with E-state index in [4.69, 9.17) is 0 Å². The molecule has 0 bridgehead atoms. The predicted molar refractivity (Wildman–Crippen MR) is 114 cm³/mol. The first-order valence-corrected chi connectivity index (χ1v) is 11.0. The molecule has 0 radical (unpaired) electrons. The van der Waals surface area contributed by atoms with Crippen LogP contribution in [0, 0.1) is 12.8 Å². The summed E-state index contributed by atoms with van der Waals surface area (Å²) in [5.41, 5.74) is 2.76. The fourth-order valence-corrected chi connectivity index (χ4v) is 4.71. The number of piperidine rings is 1. The summed E-state index contributed by atoms with van der Waals surface area (Å²) in [6.07, 6.45) is 1.65. The van der Waals surface area contributed by atoms with Gasteiger partial charge < -0.3 is 10.2 Å². The normalized spacial score (nSPS) is 16.8. The lowest BCUT2D eigenvalue weighted by Crippen LogP contribution is -2.43. The Hall–Kier alpha value is -2.51. The lowest BCUT2D eigenvalue weighted by molar-refractivity contribution is -0.121. The number of thiazole rings is 1. The monoisotopic (exact) mass is 411 g/mol. The van der Waals surface area contributed by atoms with Gasteiger partial charge in [0.2, 0.25) is 5.91 Å². The molecule has 1 N–H and O–H groups in total. The summed E-state index contributed by atoms with van der Waals surface area (Å²) in [6.45, 7) is 3.17. The van der Waals surface area contributed by atoms with Gasteiger partial charge in [0.05, 0.1) is 21.5 Å². The van der Waals surface area contributed by atoms with Crippen LogP contribution in [0.4, 0.5) is 5.69 Å². The Balaban J connectivity index is 1.38. The van der Waals surface area contributed by atoms with E-state index in [0.717, 1.165) is 39.7 Å². The van der Waals surface area contributed by atoms with Gasteiger partial charge in [0.25, 0.3) is 5.91 Å². The third-order valence-electron chi connectivity index (χ3n) is 4.88. The van der Waals surface area contributed by atoms with Crippen LogP contribution < -0.4 is 5.32 Å². The molecule has 1 aromatic carbocycles. The Morgan fingerprint density at radius 3 is 2.68 bits per heavy atom. The maximum atomic E-state index is 12.7. The zero-order valence-corrected chi connectivity index (χ0v) is 17.2. The zero-order chi connectivity index (χ0) is 19.5. The number of nitrogens with zero attached hydrogens (tertiary/aromatic N) is 2. The first-order valence-electron chi connectivity index (χ1n) is 9.26. The molecule has 4 rings (SSSR count). The number of aryl methyl sites for hydroxylation is 1. The molecule has 1 saturated heterocycles. The SMILES string of the molecule is Cc1nc(-c2ccc(NC(=O)[C@@H]3CCCN(C(=O)c4cccs4)C3)cc2)cs1. The molecular formula is C21H21N3O2S2. The van der Waals surface area contributed by atoms with Gasteiger partial charge in [-0.05, 0) is 43.3 Å². The summed E-state index contributed by atoms with van der Waals surface area (Å²) in [7, 11) is 0. The number of hydrogen-bond acceptors (Lipinski definition) is 5. The average Bonchev–Trinajstić information content (AvgIpc) is 3.40. The third-order valence-corrected chi connectivity index (χ3v) is 6.51. The average molecular weight is 412 g/mol. The Morgan fingerprint density at radius 2 is 2.00 bits per heavy atom. The molecule has 28 heavy (non-hydrogen) atoms. The lowest BCUT2D eigenvalue weighted by atomic mass is 9.96. The van der Waals surface area contributed by atoms with Crippen molar-refractivity contribution in [3.05, 3.63) is 57.0 Å². The predicted octanol–water partition coefficient (Wildman–Crippen LogP) is 4.67. The molecule has 1 atom stereocenters. The van der Waals surface area contributed by atoms with Crippen molar-refractivity contribution in [2.75, 3.05) is 18.4 Å². The quantitative estimate of drug-likeness (QED) is 0.679. The van der Waals surface area contributed by atoms with Crippen molar-refractivity contribution in [3.8, 4) is 11.3 Å². The minimum Gasteiger partial charge on any atom is -0.337 e. The van der Waals surface area contributed by atoms with Gasteiger partial charge in [0, 0.05) is 29.7 Å². The second-order valence-corrected chi connectivity index (χ2v) is 8.90. The summed E-state index contributed by atoms with van der Waals surface area (Å²) in [5, 5.41) is 7.96. The van der Waals surface area contributed by atoms with Crippen LogP contribution in [0.5, 0.6) is 0 Å². The Labute approximate surface area is 172 Å². The summed E-state index contributed by atoms with van der Waals surface area (Å²) in [5.74, 6) is -0.185. The highest BCUT2D eigenvalue weighted by molar-refractivity contribution is 7.12. The van der Waals surface area contributed by atoms with E-state index < -0.39 is 0 Å². The van der Waals surface area contributed by atoms with E-state index >= 15 is 0 Å². The van der Waals surface area contributed by atoms with Crippen molar-refractivity contribution in [1.82, 2.24) is 9.88 Å². The second kappa shape index (κ2) is 8.24. The van der Waals surface area contributed by atoms with E-state index in [2.05, 4.69) is 10.3 Å². The van der Waals surface area contributed by atoms with Crippen LogP contribution in [0.1, 0.15) is 27.5 Å². The van der Waals surface area contributed by atoms with Gasteiger partial charge in [0.15, 0.2) is 0 Å². The summed E-state index contributed by atoms with van der Waals surface area (Å²) in [6, 6.07) is 11.5. The van der Waals surface area contributed by atoms with Gasteiger partial charge in [-0.2, -0.15) is 0 Å². The highest BCUT2D eigenvalue weighted by Crippen LogP contribution is 2.25. The number of anilines is 1. The maximum Gasteiger partial charge on any atom is 0.263 e. The molecule has 1 aliphatic rings. The first-order chi connectivity index (χ1) is 13.6. The van der Waals surface area contributed by atoms with Gasteiger partial charge in [-0.1, -0.05) is 18.2 Å². The standard InChI is InChI=1S/C21H21N3O2S2/c1-14-22-18(13-28-14)15-6-8-17(9-7-15)23-20(25)16-4-2-10-24(12-16)21(26)19-5-3-11-27-19/h3,5-9,11,13,16H,2,4,10,12H2,1H3,(H,23,25)/t16-/m1/s1. The molecule has 0 saturated carbocycles. The molecule has 144 valence electrons. The van der Waals surface area contributed by atoms with Crippen molar-refractivity contribution in [2.45, 2.75) is 19.8 Å². The minimum absolute atomic E-state index is 0.0235. The summed E-state index contributed by atoms with van der Waals surface area (Å²) < 4.78 is 0. The van der Waals surface area contributed by atoms with Gasteiger partial charge in [0.1, 0.15) is 0 Å². The number of thiophene rings is 1. The van der Waals surface area contributed by atoms with Crippen LogP contribution in [-0.4, -0.2) is 34.8 Å². The number of carbonyl (C=O) groups is 2. The van der Waals surface area contributed by atoms with E-state index in [1.165, 1.54) is 11.3 Å². The molecule has 0 unspecified atom stereocenters. The third kappa shape index (κ3) is 4.15. The van der Waals surface area contributed by atoms with Crippen LogP contribution in [-0.2, 0) is 4.79 Å². The van der Waals surface area contributed by atoms with Crippen LogP contribution >= 0.6 is 22.7 Å².